The van der Waals surface area contributed by atoms with Crippen molar-refractivity contribution in [2.24, 2.45) is 11.8 Å². The van der Waals surface area contributed by atoms with Gasteiger partial charge in [-0.05, 0) is 24.7 Å². The Kier molecular flexibility index (Phi) is 5.45. The number of carbonyl (C=O) groups is 2. The van der Waals surface area contributed by atoms with Crippen LogP contribution in [-0.2, 0) is 9.59 Å². The minimum Gasteiger partial charge on any atom is -0.481 e. The quantitative estimate of drug-likeness (QED) is 0.775. The predicted octanol–water partition coefficient (Wildman–Crippen LogP) is 2.18. The van der Waals surface area contributed by atoms with Crippen LogP contribution < -0.4 is 5.32 Å². The Morgan fingerprint density at radius 2 is 1.94 bits per heavy atom. The molecule has 0 aromatic carbocycles. The first kappa shape index (κ1) is 14.0. The van der Waals surface area contributed by atoms with Crippen LogP contribution in [0, 0.1) is 11.8 Å². The zero-order valence-corrected chi connectivity index (χ0v) is 10.7. The molecule has 1 aliphatic carbocycles. The first-order valence-corrected chi connectivity index (χ1v) is 6.52. The van der Waals surface area contributed by atoms with Crippen molar-refractivity contribution in [2.75, 3.05) is 0 Å². The number of nitrogens with one attached hydrogen (secondary N) is 1. The van der Waals surface area contributed by atoms with Crippen LogP contribution >= 0.6 is 0 Å². The normalized spacial score (nSPS) is 28.7. The molecule has 0 radical (unpaired) electrons. The van der Waals surface area contributed by atoms with Crippen molar-refractivity contribution < 1.29 is 14.7 Å². The molecular formula is C13H23NO3. The van der Waals surface area contributed by atoms with Gasteiger partial charge >= 0.3 is 5.97 Å². The molecule has 0 heterocycles. The van der Waals surface area contributed by atoms with Crippen molar-refractivity contribution in [3.63, 3.8) is 0 Å². The Balaban J connectivity index is 2.27. The van der Waals surface area contributed by atoms with Gasteiger partial charge < -0.3 is 10.4 Å². The van der Waals surface area contributed by atoms with Crippen molar-refractivity contribution in [3.05, 3.63) is 0 Å². The molecule has 1 amide bonds. The number of hydrogen-bond acceptors (Lipinski definition) is 2. The van der Waals surface area contributed by atoms with Crippen LogP contribution in [0.3, 0.4) is 0 Å². The number of aliphatic carboxylic acids is 1. The minimum absolute atomic E-state index is 0.00259. The van der Waals surface area contributed by atoms with Gasteiger partial charge in [-0.25, -0.2) is 0 Å². The van der Waals surface area contributed by atoms with E-state index in [2.05, 4.69) is 19.2 Å². The standard InChI is InChI=1S/C13H23NO3/c1-9-5-3-6-11(10(9)2)14-12(15)7-4-8-13(16)17/h9-11H,3-8H2,1-2H3,(H,14,15)(H,16,17)/t9-,10+,11+/m1/s1. The van der Waals surface area contributed by atoms with E-state index in [1.807, 2.05) is 0 Å². The molecule has 1 rings (SSSR count). The highest BCUT2D eigenvalue weighted by Gasteiger charge is 2.27. The maximum atomic E-state index is 11.6. The average molecular weight is 241 g/mol. The molecule has 0 unspecified atom stereocenters. The van der Waals surface area contributed by atoms with Gasteiger partial charge in [0.25, 0.3) is 0 Å². The molecular weight excluding hydrogens is 218 g/mol. The van der Waals surface area contributed by atoms with Crippen molar-refractivity contribution in [3.8, 4) is 0 Å². The molecule has 1 saturated carbocycles. The molecule has 98 valence electrons. The molecule has 4 nitrogen and oxygen atoms in total. The molecule has 1 fully saturated rings. The number of carboxylic acids is 1. The Bertz CT molecular complexity index is 278. The van der Waals surface area contributed by atoms with Crippen LogP contribution in [0.15, 0.2) is 0 Å². The largest absolute Gasteiger partial charge is 0.481 e. The summed E-state index contributed by atoms with van der Waals surface area (Å²) in [5.74, 6) is 0.343. The van der Waals surface area contributed by atoms with Gasteiger partial charge in [0.1, 0.15) is 0 Å². The summed E-state index contributed by atoms with van der Waals surface area (Å²) in [6, 6.07) is 0.274. The number of hydrogen-bond donors (Lipinski definition) is 2. The van der Waals surface area contributed by atoms with E-state index in [4.69, 9.17) is 5.11 Å². The molecule has 0 aromatic heterocycles. The fourth-order valence-electron chi connectivity index (χ4n) is 2.46. The van der Waals surface area contributed by atoms with Crippen LogP contribution in [0.4, 0.5) is 0 Å². The summed E-state index contributed by atoms with van der Waals surface area (Å²) in [6.45, 7) is 4.42. The van der Waals surface area contributed by atoms with Gasteiger partial charge in [0.15, 0.2) is 0 Å². The van der Waals surface area contributed by atoms with Gasteiger partial charge in [0.2, 0.25) is 5.91 Å². The van der Waals surface area contributed by atoms with Gasteiger partial charge in [-0.15, -0.1) is 0 Å². The summed E-state index contributed by atoms with van der Waals surface area (Å²) < 4.78 is 0. The van der Waals surface area contributed by atoms with Crippen LogP contribution in [-0.4, -0.2) is 23.0 Å². The maximum absolute atomic E-state index is 11.6. The highest BCUT2D eigenvalue weighted by molar-refractivity contribution is 5.77. The van der Waals surface area contributed by atoms with E-state index in [1.54, 1.807) is 0 Å². The topological polar surface area (TPSA) is 66.4 Å². The number of carboxylic acid groups (broad SMARTS) is 1. The molecule has 0 aliphatic heterocycles. The Morgan fingerprint density at radius 3 is 2.59 bits per heavy atom. The van der Waals surface area contributed by atoms with E-state index in [0.717, 1.165) is 6.42 Å². The lowest BCUT2D eigenvalue weighted by atomic mass is 9.78. The number of amides is 1. The van der Waals surface area contributed by atoms with E-state index < -0.39 is 5.97 Å². The summed E-state index contributed by atoms with van der Waals surface area (Å²) in [7, 11) is 0. The van der Waals surface area contributed by atoms with E-state index in [9.17, 15) is 9.59 Å². The third-order valence-corrected chi connectivity index (χ3v) is 3.85. The third kappa shape index (κ3) is 4.75. The second-order valence-corrected chi connectivity index (χ2v) is 5.19. The fraction of sp³-hybridized carbons (Fsp3) is 0.846. The lowest BCUT2D eigenvalue weighted by Gasteiger charge is -2.34. The second kappa shape index (κ2) is 6.62. The lowest BCUT2D eigenvalue weighted by Crippen LogP contribution is -2.43. The van der Waals surface area contributed by atoms with Crippen molar-refractivity contribution in [2.45, 2.75) is 58.4 Å². The van der Waals surface area contributed by atoms with E-state index in [-0.39, 0.29) is 18.4 Å². The molecule has 0 spiro atoms. The highest BCUT2D eigenvalue weighted by atomic mass is 16.4. The zero-order valence-electron chi connectivity index (χ0n) is 10.7. The van der Waals surface area contributed by atoms with Crippen LogP contribution in [0.5, 0.6) is 0 Å². The average Bonchev–Trinajstić information content (AvgIpc) is 2.24. The van der Waals surface area contributed by atoms with Crippen molar-refractivity contribution >= 4 is 11.9 Å². The van der Waals surface area contributed by atoms with Gasteiger partial charge in [-0.2, -0.15) is 0 Å². The Hall–Kier alpha value is -1.06. The van der Waals surface area contributed by atoms with Crippen molar-refractivity contribution in [1.29, 1.82) is 0 Å². The minimum atomic E-state index is -0.836. The lowest BCUT2D eigenvalue weighted by molar-refractivity contribution is -0.137. The molecule has 0 bridgehead atoms. The van der Waals surface area contributed by atoms with E-state index >= 15 is 0 Å². The molecule has 0 aromatic rings. The molecule has 1 aliphatic rings. The predicted molar refractivity (Wildman–Crippen MR) is 65.6 cm³/mol. The van der Waals surface area contributed by atoms with Crippen LogP contribution in [0.1, 0.15) is 52.4 Å². The van der Waals surface area contributed by atoms with Crippen molar-refractivity contribution in [1.82, 2.24) is 5.32 Å². The molecule has 4 heteroatoms. The number of rotatable bonds is 5. The summed E-state index contributed by atoms with van der Waals surface area (Å²) >= 11 is 0. The third-order valence-electron chi connectivity index (χ3n) is 3.85. The number of carbonyl (C=O) groups excluding carboxylic acids is 1. The SMILES string of the molecule is C[C@H]1[C@H](C)CCC[C@@H]1NC(=O)CCCC(=O)O. The molecule has 17 heavy (non-hydrogen) atoms. The maximum Gasteiger partial charge on any atom is 0.303 e. The van der Waals surface area contributed by atoms with Crippen LogP contribution in [0.25, 0.3) is 0 Å². The molecule has 3 atom stereocenters. The van der Waals surface area contributed by atoms with Crippen LogP contribution in [0.2, 0.25) is 0 Å². The van der Waals surface area contributed by atoms with Gasteiger partial charge in [0.05, 0.1) is 0 Å². The monoisotopic (exact) mass is 241 g/mol. The first-order chi connectivity index (χ1) is 8.00. The summed E-state index contributed by atoms with van der Waals surface area (Å²) in [6.07, 6.45) is 4.29. The fourth-order valence-corrected chi connectivity index (χ4v) is 2.46. The summed E-state index contributed by atoms with van der Waals surface area (Å²) in [5, 5.41) is 11.5. The second-order valence-electron chi connectivity index (χ2n) is 5.19. The zero-order chi connectivity index (χ0) is 12.8. The van der Waals surface area contributed by atoms with E-state index in [0.29, 0.717) is 24.7 Å². The highest BCUT2D eigenvalue weighted by Crippen LogP contribution is 2.29. The first-order valence-electron chi connectivity index (χ1n) is 6.52. The smallest absolute Gasteiger partial charge is 0.303 e. The summed E-state index contributed by atoms with van der Waals surface area (Å²) in [4.78, 5) is 22.0. The van der Waals surface area contributed by atoms with E-state index in [1.165, 1.54) is 12.8 Å². The Labute approximate surface area is 103 Å². The summed E-state index contributed by atoms with van der Waals surface area (Å²) in [5.41, 5.74) is 0. The van der Waals surface area contributed by atoms with Gasteiger partial charge in [0, 0.05) is 18.9 Å². The molecule has 0 saturated heterocycles. The Morgan fingerprint density at radius 1 is 1.24 bits per heavy atom. The van der Waals surface area contributed by atoms with Gasteiger partial charge in [-0.3, -0.25) is 9.59 Å². The van der Waals surface area contributed by atoms with Gasteiger partial charge in [-0.1, -0.05) is 26.7 Å². The molecule has 2 N–H and O–H groups in total.